The third-order valence-corrected chi connectivity index (χ3v) is 8.19. The van der Waals surface area contributed by atoms with Gasteiger partial charge in [0.1, 0.15) is 11.4 Å². The van der Waals surface area contributed by atoms with Crippen LogP contribution in [0, 0.1) is 4.91 Å². The molecule has 1 fully saturated rings. The maximum atomic E-state index is 11.9. The second-order valence-corrected chi connectivity index (χ2v) is 11.0. The van der Waals surface area contributed by atoms with Crippen molar-refractivity contribution in [2.24, 2.45) is 0 Å². The smallest absolute Gasteiger partial charge is 0.325 e. The largest absolute Gasteiger partial charge is 0.399 e. The Kier molecular flexibility index (Phi) is 6.66. The first-order chi connectivity index (χ1) is 18.5. The van der Waals surface area contributed by atoms with Gasteiger partial charge in [0.15, 0.2) is 4.96 Å². The number of nitrogen functional groups attached to an aromatic ring is 1. The van der Waals surface area contributed by atoms with Gasteiger partial charge >= 0.3 is 5.69 Å². The van der Waals surface area contributed by atoms with Gasteiger partial charge in [-0.1, -0.05) is 12.1 Å². The number of piperidine rings is 1. The van der Waals surface area contributed by atoms with Crippen LogP contribution in [0.15, 0.2) is 77.3 Å². The van der Waals surface area contributed by atoms with Gasteiger partial charge in [-0.15, -0.1) is 11.3 Å². The summed E-state index contributed by atoms with van der Waals surface area (Å²) in [5.74, 6) is 0.531. The number of thiazole rings is 1. The van der Waals surface area contributed by atoms with Crippen LogP contribution in [-0.2, 0) is 0 Å². The van der Waals surface area contributed by atoms with E-state index >= 15 is 0 Å². The topological polar surface area (TPSA) is 125 Å². The van der Waals surface area contributed by atoms with Gasteiger partial charge in [0.2, 0.25) is 5.95 Å². The molecule has 0 amide bonds. The molecular formula is C26H25N8O2S2+. The summed E-state index contributed by atoms with van der Waals surface area (Å²) in [4.78, 5) is 27.8. The van der Waals surface area contributed by atoms with E-state index in [1.165, 1.54) is 11.3 Å². The lowest BCUT2D eigenvalue weighted by molar-refractivity contribution is -0.729. The van der Waals surface area contributed by atoms with E-state index in [1.54, 1.807) is 36.3 Å². The molecule has 12 heteroatoms. The number of aromatic nitrogens is 4. The van der Waals surface area contributed by atoms with Crippen molar-refractivity contribution in [3.8, 4) is 22.6 Å². The highest BCUT2D eigenvalue weighted by molar-refractivity contribution is 7.97. The zero-order valence-electron chi connectivity index (χ0n) is 20.3. The summed E-state index contributed by atoms with van der Waals surface area (Å²) in [5, 5.41) is 15.2. The normalized spacial score (nSPS) is 16.1. The standard InChI is InChI=1S/C26H25N8O2S2/c27-17-7-9-19(10-8-17)38-32-13-3-4-18(16-32)29-25-28-12-11-21(30-25)24-23(31-26-33(24)14-15-37-26)20-5-1-2-6-22(20)34(35)36/h1-2,5-12,14-15,18H,3-4,13,16,27H2,(H,35,36)(H,28,29,30)/q+1/t18-/m1/s1. The Labute approximate surface area is 226 Å². The van der Waals surface area contributed by atoms with Crippen LogP contribution in [0.5, 0.6) is 0 Å². The Morgan fingerprint density at radius 2 is 1.97 bits per heavy atom. The average Bonchev–Trinajstić information content (AvgIpc) is 3.52. The molecule has 1 saturated heterocycles. The highest BCUT2D eigenvalue weighted by Crippen LogP contribution is 2.37. The van der Waals surface area contributed by atoms with Crippen molar-refractivity contribution >= 4 is 45.6 Å². The Morgan fingerprint density at radius 1 is 1.13 bits per heavy atom. The summed E-state index contributed by atoms with van der Waals surface area (Å²) in [6, 6.07) is 16.8. The fourth-order valence-corrected chi connectivity index (χ4v) is 6.37. The predicted molar refractivity (Wildman–Crippen MR) is 150 cm³/mol. The van der Waals surface area contributed by atoms with E-state index in [-0.39, 0.29) is 16.7 Å². The van der Waals surface area contributed by atoms with Crippen molar-refractivity contribution in [2.45, 2.75) is 23.8 Å². The summed E-state index contributed by atoms with van der Waals surface area (Å²) in [7, 11) is 0. The zero-order valence-corrected chi connectivity index (χ0v) is 21.9. The van der Waals surface area contributed by atoms with Crippen LogP contribution in [0.3, 0.4) is 0 Å². The van der Waals surface area contributed by atoms with Crippen molar-refractivity contribution in [1.29, 1.82) is 0 Å². The Bertz CT molecular complexity index is 1600. The van der Waals surface area contributed by atoms with Crippen molar-refractivity contribution in [3.63, 3.8) is 0 Å². The monoisotopic (exact) mass is 545 g/mol. The Hall–Kier alpha value is -4.00. The second-order valence-electron chi connectivity index (χ2n) is 8.95. The summed E-state index contributed by atoms with van der Waals surface area (Å²) in [6.07, 6.45) is 5.72. The molecule has 0 spiro atoms. The number of rotatable bonds is 7. The number of para-hydroxylation sites is 1. The van der Waals surface area contributed by atoms with Gasteiger partial charge in [-0.3, -0.25) is 4.40 Å². The van der Waals surface area contributed by atoms with E-state index in [0.29, 0.717) is 22.9 Å². The first kappa shape index (κ1) is 24.3. The number of imidazole rings is 1. The van der Waals surface area contributed by atoms with Gasteiger partial charge in [0, 0.05) is 53.6 Å². The molecule has 10 nitrogen and oxygen atoms in total. The fraction of sp³-hybridized carbons (Fsp3) is 0.192. The average molecular weight is 546 g/mol. The van der Waals surface area contributed by atoms with Gasteiger partial charge in [-0.25, -0.2) is 24.5 Å². The van der Waals surface area contributed by atoms with Crippen molar-refractivity contribution in [1.82, 2.24) is 23.7 Å². The minimum atomic E-state index is -0.128. The molecular weight excluding hydrogens is 520 g/mol. The van der Waals surface area contributed by atoms with Crippen LogP contribution >= 0.6 is 23.3 Å². The Morgan fingerprint density at radius 3 is 2.82 bits per heavy atom. The molecule has 38 heavy (non-hydrogen) atoms. The minimum Gasteiger partial charge on any atom is -0.399 e. The molecule has 3 aromatic heterocycles. The first-order valence-corrected chi connectivity index (χ1v) is 13.8. The van der Waals surface area contributed by atoms with Crippen LogP contribution in [0.4, 0.5) is 17.3 Å². The van der Waals surface area contributed by atoms with Crippen LogP contribution in [0.2, 0.25) is 0 Å². The molecule has 0 radical (unpaired) electrons. The number of benzene rings is 2. The molecule has 1 aliphatic heterocycles. The number of fused-ring (bicyclic) bond motifs is 1. The van der Waals surface area contributed by atoms with E-state index in [0.717, 1.165) is 47.2 Å². The highest BCUT2D eigenvalue weighted by atomic mass is 32.2. The molecule has 1 aliphatic rings. The molecule has 4 N–H and O–H groups in total. The second kappa shape index (κ2) is 10.4. The fourth-order valence-electron chi connectivity index (χ4n) is 4.62. The van der Waals surface area contributed by atoms with Crippen molar-refractivity contribution in [2.75, 3.05) is 24.1 Å². The summed E-state index contributed by atoms with van der Waals surface area (Å²) < 4.78 is 4.29. The van der Waals surface area contributed by atoms with Crippen LogP contribution in [-0.4, -0.2) is 52.9 Å². The summed E-state index contributed by atoms with van der Waals surface area (Å²) >= 11 is 3.21. The Balaban J connectivity index is 1.27. The van der Waals surface area contributed by atoms with E-state index in [1.807, 2.05) is 52.4 Å². The summed E-state index contributed by atoms with van der Waals surface area (Å²) in [6.45, 7) is 1.85. The predicted octanol–water partition coefficient (Wildman–Crippen LogP) is 5.49. The van der Waals surface area contributed by atoms with Gasteiger partial charge in [0.25, 0.3) is 4.92 Å². The number of nitrogens with one attached hydrogen (secondary N) is 1. The molecule has 192 valence electrons. The molecule has 2 aromatic carbocycles. The van der Waals surface area contributed by atoms with E-state index in [4.69, 9.17) is 15.7 Å². The molecule has 5 aromatic rings. The van der Waals surface area contributed by atoms with Gasteiger partial charge in [-0.05, 0) is 61.2 Å². The molecule has 0 bridgehead atoms. The SMILES string of the molecule is Nc1ccc(SN2CCC[C@@H](Nc3nccc(-c4c(-c5ccccc5[N+](=O)O)nc5sccn45)n3)C2)cc1. The third-order valence-electron chi connectivity index (χ3n) is 6.36. The van der Waals surface area contributed by atoms with Crippen LogP contribution in [0.1, 0.15) is 12.8 Å². The van der Waals surface area contributed by atoms with Crippen molar-refractivity contribution in [3.05, 3.63) is 77.3 Å². The quantitative estimate of drug-likeness (QED) is 0.138. The third kappa shape index (κ3) is 4.93. The van der Waals surface area contributed by atoms with Crippen molar-refractivity contribution < 1.29 is 10.1 Å². The molecule has 6 rings (SSSR count). The lowest BCUT2D eigenvalue weighted by Crippen LogP contribution is -2.38. The molecule has 0 saturated carbocycles. The molecule has 0 unspecified atom stereocenters. The maximum absolute atomic E-state index is 11.9. The molecule has 0 aliphatic carbocycles. The lowest BCUT2D eigenvalue weighted by Gasteiger charge is -2.32. The lowest BCUT2D eigenvalue weighted by atomic mass is 10.1. The van der Waals surface area contributed by atoms with Gasteiger partial charge in [0.05, 0.1) is 16.2 Å². The van der Waals surface area contributed by atoms with Crippen LogP contribution in [0.25, 0.3) is 27.6 Å². The first-order valence-electron chi connectivity index (χ1n) is 12.1. The van der Waals surface area contributed by atoms with Crippen LogP contribution < -0.4 is 11.1 Å². The molecule has 4 heterocycles. The molecule has 1 atom stereocenters. The van der Waals surface area contributed by atoms with E-state index < -0.39 is 0 Å². The number of hydrogen-bond acceptors (Lipinski definition) is 9. The highest BCUT2D eigenvalue weighted by Gasteiger charge is 2.27. The number of nitrogens with two attached hydrogens (primary N) is 1. The summed E-state index contributed by atoms with van der Waals surface area (Å²) in [5.41, 5.74) is 9.18. The number of anilines is 2. The number of hydrogen-bond donors (Lipinski definition) is 3. The van der Waals surface area contributed by atoms with Gasteiger partial charge in [-0.2, -0.15) is 0 Å². The zero-order chi connectivity index (χ0) is 26.1. The number of nitrogens with zero attached hydrogens (tertiary/aromatic N) is 6. The van der Waals surface area contributed by atoms with E-state index in [9.17, 15) is 10.1 Å². The minimum absolute atomic E-state index is 0.118. The van der Waals surface area contributed by atoms with Gasteiger partial charge < -0.3 is 11.1 Å². The van der Waals surface area contributed by atoms with E-state index in [2.05, 4.69) is 14.6 Å². The maximum Gasteiger partial charge on any atom is 0.325 e.